The summed E-state index contributed by atoms with van der Waals surface area (Å²) in [6.07, 6.45) is -1.79. The Bertz CT molecular complexity index is 852. The van der Waals surface area contributed by atoms with Crippen molar-refractivity contribution >= 4 is 35.2 Å². The summed E-state index contributed by atoms with van der Waals surface area (Å²) in [5, 5.41) is 4.30. The van der Waals surface area contributed by atoms with Crippen molar-refractivity contribution in [1.82, 2.24) is 5.32 Å². The molecule has 0 aromatic heterocycles. The number of carbonyl (C=O) groups excluding carboxylic acids is 2. The molecule has 4 nitrogen and oxygen atoms in total. The molecule has 27 heavy (non-hydrogen) atoms. The minimum atomic E-state index is -4.64. The number of nitrogens with one attached hydrogen (secondary N) is 2. The Kier molecular flexibility index (Phi) is 6.63. The predicted octanol–water partition coefficient (Wildman–Crippen LogP) is 4.52. The van der Waals surface area contributed by atoms with Crippen LogP contribution in [0.2, 0.25) is 5.02 Å². The fourth-order valence-electron chi connectivity index (χ4n) is 2.13. The fraction of sp³-hybridized carbons (Fsp3) is 0.158. The standard InChI is InChI=1S/C19H16ClF3N2O2/c1-12(24-17(26)10-7-13-5-3-2-4-6-13)18(27)25-14-8-9-16(20)15(11-14)19(21,22)23/h2-12H,1H3,(H,24,26)(H,25,27)/b10-7+/t12-/m0/s1. The van der Waals surface area contributed by atoms with Gasteiger partial charge < -0.3 is 10.6 Å². The zero-order valence-corrected chi connectivity index (χ0v) is 14.9. The zero-order chi connectivity index (χ0) is 20.0. The van der Waals surface area contributed by atoms with Crippen LogP contribution in [0, 0.1) is 0 Å². The quantitative estimate of drug-likeness (QED) is 0.730. The first-order valence-corrected chi connectivity index (χ1v) is 8.26. The van der Waals surface area contributed by atoms with Gasteiger partial charge in [-0.25, -0.2) is 0 Å². The maximum atomic E-state index is 12.9. The third kappa shape index (κ3) is 6.14. The Balaban J connectivity index is 1.97. The van der Waals surface area contributed by atoms with E-state index in [0.29, 0.717) is 0 Å². The molecular formula is C19H16ClF3N2O2. The number of halogens is 4. The summed E-state index contributed by atoms with van der Waals surface area (Å²) in [7, 11) is 0. The van der Waals surface area contributed by atoms with Crippen LogP contribution in [0.1, 0.15) is 18.1 Å². The lowest BCUT2D eigenvalue weighted by Crippen LogP contribution is -2.40. The van der Waals surface area contributed by atoms with Gasteiger partial charge in [-0.3, -0.25) is 9.59 Å². The van der Waals surface area contributed by atoms with Gasteiger partial charge >= 0.3 is 6.18 Å². The smallest absolute Gasteiger partial charge is 0.341 e. The van der Waals surface area contributed by atoms with Gasteiger partial charge in [0.25, 0.3) is 0 Å². The molecule has 0 fully saturated rings. The van der Waals surface area contributed by atoms with E-state index in [1.165, 1.54) is 19.1 Å². The first-order valence-electron chi connectivity index (χ1n) is 7.88. The number of hydrogen-bond acceptors (Lipinski definition) is 2. The largest absolute Gasteiger partial charge is 0.417 e. The van der Waals surface area contributed by atoms with Crippen LogP contribution in [-0.2, 0) is 15.8 Å². The summed E-state index contributed by atoms with van der Waals surface area (Å²) < 4.78 is 38.6. The van der Waals surface area contributed by atoms with E-state index in [9.17, 15) is 22.8 Å². The van der Waals surface area contributed by atoms with E-state index in [1.54, 1.807) is 18.2 Å². The monoisotopic (exact) mass is 396 g/mol. The van der Waals surface area contributed by atoms with Gasteiger partial charge in [0.1, 0.15) is 6.04 Å². The van der Waals surface area contributed by atoms with Crippen molar-refractivity contribution < 1.29 is 22.8 Å². The van der Waals surface area contributed by atoms with Gasteiger partial charge in [0.05, 0.1) is 10.6 Å². The number of hydrogen-bond donors (Lipinski definition) is 2. The molecule has 0 radical (unpaired) electrons. The molecule has 0 bridgehead atoms. The van der Waals surface area contributed by atoms with Crippen molar-refractivity contribution in [1.29, 1.82) is 0 Å². The second-order valence-electron chi connectivity index (χ2n) is 5.66. The first-order chi connectivity index (χ1) is 12.7. The Morgan fingerprint density at radius 3 is 2.41 bits per heavy atom. The zero-order valence-electron chi connectivity index (χ0n) is 14.2. The van der Waals surface area contributed by atoms with Crippen molar-refractivity contribution in [3.8, 4) is 0 Å². The summed E-state index contributed by atoms with van der Waals surface area (Å²) in [4.78, 5) is 24.0. The van der Waals surface area contributed by atoms with Crippen LogP contribution in [0.15, 0.2) is 54.6 Å². The third-order valence-electron chi connectivity index (χ3n) is 3.52. The number of alkyl halides is 3. The highest BCUT2D eigenvalue weighted by atomic mass is 35.5. The van der Waals surface area contributed by atoms with Gasteiger partial charge in [-0.15, -0.1) is 0 Å². The fourth-order valence-corrected chi connectivity index (χ4v) is 2.36. The van der Waals surface area contributed by atoms with Crippen molar-refractivity contribution in [2.75, 3.05) is 5.32 Å². The highest BCUT2D eigenvalue weighted by Gasteiger charge is 2.33. The average molecular weight is 397 g/mol. The maximum absolute atomic E-state index is 12.9. The van der Waals surface area contributed by atoms with E-state index in [-0.39, 0.29) is 5.69 Å². The van der Waals surface area contributed by atoms with Gasteiger partial charge in [-0.2, -0.15) is 13.2 Å². The molecule has 8 heteroatoms. The molecule has 2 amide bonds. The molecular weight excluding hydrogens is 381 g/mol. The number of amides is 2. The number of anilines is 1. The van der Waals surface area contributed by atoms with Crippen molar-refractivity contribution in [3.05, 3.63) is 70.8 Å². The summed E-state index contributed by atoms with van der Waals surface area (Å²) >= 11 is 5.54. The Labute approximate surface area is 159 Å². The Morgan fingerprint density at radius 2 is 1.78 bits per heavy atom. The topological polar surface area (TPSA) is 58.2 Å². The van der Waals surface area contributed by atoms with Crippen molar-refractivity contribution in [2.45, 2.75) is 19.1 Å². The van der Waals surface area contributed by atoms with Crippen LogP contribution < -0.4 is 10.6 Å². The molecule has 0 saturated carbocycles. The summed E-state index contributed by atoms with van der Waals surface area (Å²) in [6.45, 7) is 1.42. The molecule has 2 aromatic carbocycles. The number of benzene rings is 2. The molecule has 0 aliphatic heterocycles. The Hall–Kier alpha value is -2.80. The van der Waals surface area contributed by atoms with Gasteiger partial charge in [0.15, 0.2) is 0 Å². The van der Waals surface area contributed by atoms with E-state index >= 15 is 0 Å². The Morgan fingerprint density at radius 1 is 1.11 bits per heavy atom. The van der Waals surface area contributed by atoms with Crippen molar-refractivity contribution in [2.24, 2.45) is 0 Å². The van der Waals surface area contributed by atoms with Crippen LogP contribution in [0.4, 0.5) is 18.9 Å². The van der Waals surface area contributed by atoms with Crippen LogP contribution in [0.25, 0.3) is 6.08 Å². The normalized spacial score (nSPS) is 12.6. The summed E-state index contributed by atoms with van der Waals surface area (Å²) in [6, 6.07) is 11.2. The van der Waals surface area contributed by atoms with E-state index in [4.69, 9.17) is 11.6 Å². The van der Waals surface area contributed by atoms with Crippen LogP contribution >= 0.6 is 11.6 Å². The molecule has 2 rings (SSSR count). The minimum Gasteiger partial charge on any atom is -0.341 e. The molecule has 0 heterocycles. The lowest BCUT2D eigenvalue weighted by atomic mass is 10.2. The molecule has 2 aromatic rings. The molecule has 0 unspecified atom stereocenters. The molecule has 2 N–H and O–H groups in total. The van der Waals surface area contributed by atoms with Gasteiger partial charge in [0, 0.05) is 11.8 Å². The highest BCUT2D eigenvalue weighted by Crippen LogP contribution is 2.36. The van der Waals surface area contributed by atoms with Crippen LogP contribution in [-0.4, -0.2) is 17.9 Å². The molecule has 1 atom stereocenters. The first kappa shape index (κ1) is 20.5. The highest BCUT2D eigenvalue weighted by molar-refractivity contribution is 6.31. The molecule has 142 valence electrons. The van der Waals surface area contributed by atoms with Crippen molar-refractivity contribution in [3.63, 3.8) is 0 Å². The summed E-state index contributed by atoms with van der Waals surface area (Å²) in [5.74, 6) is -1.17. The van der Waals surface area contributed by atoms with Gasteiger partial charge in [-0.05, 0) is 36.8 Å². The SMILES string of the molecule is C[C@H](NC(=O)/C=C/c1ccccc1)C(=O)Nc1ccc(Cl)c(C(F)(F)F)c1. The second kappa shape index (κ2) is 8.73. The van der Waals surface area contributed by atoms with Gasteiger partial charge in [0.2, 0.25) is 11.8 Å². The van der Waals surface area contributed by atoms with E-state index in [0.717, 1.165) is 17.7 Å². The molecule has 0 aliphatic rings. The van der Waals surface area contributed by atoms with Crippen LogP contribution in [0.5, 0.6) is 0 Å². The summed E-state index contributed by atoms with van der Waals surface area (Å²) in [5.41, 5.74) is -0.312. The van der Waals surface area contributed by atoms with Crippen LogP contribution in [0.3, 0.4) is 0 Å². The van der Waals surface area contributed by atoms with E-state index < -0.39 is 34.6 Å². The lowest BCUT2D eigenvalue weighted by Gasteiger charge is -2.15. The van der Waals surface area contributed by atoms with Gasteiger partial charge in [-0.1, -0.05) is 41.9 Å². The van der Waals surface area contributed by atoms with E-state index in [1.807, 2.05) is 18.2 Å². The number of rotatable bonds is 5. The molecule has 0 spiro atoms. The maximum Gasteiger partial charge on any atom is 0.417 e. The number of carbonyl (C=O) groups is 2. The van der Waals surface area contributed by atoms with E-state index in [2.05, 4.69) is 10.6 Å². The second-order valence-corrected chi connectivity index (χ2v) is 6.06. The predicted molar refractivity (Wildman–Crippen MR) is 98.2 cm³/mol. The molecule has 0 aliphatic carbocycles. The third-order valence-corrected chi connectivity index (χ3v) is 3.85. The lowest BCUT2D eigenvalue weighted by molar-refractivity contribution is -0.137. The molecule has 0 saturated heterocycles. The minimum absolute atomic E-state index is 0.0716. The average Bonchev–Trinajstić information content (AvgIpc) is 2.61.